The number of halogens is 3. The molecule has 0 aliphatic rings. The second kappa shape index (κ2) is 4.31. The highest BCUT2D eigenvalue weighted by Crippen LogP contribution is 2.20. The van der Waals surface area contributed by atoms with Crippen molar-refractivity contribution in [3.63, 3.8) is 0 Å². The first-order valence-corrected chi connectivity index (χ1v) is 5.28. The Bertz CT molecular complexity index is 513. The van der Waals surface area contributed by atoms with Crippen molar-refractivity contribution in [2.75, 3.05) is 0 Å². The van der Waals surface area contributed by atoms with Gasteiger partial charge in [0.1, 0.15) is 10.4 Å². The third-order valence-corrected chi connectivity index (χ3v) is 2.56. The van der Waals surface area contributed by atoms with E-state index in [2.05, 4.69) is 25.9 Å². The fraction of sp³-hybridized carbons (Fsp3) is 0.100. The van der Waals surface area contributed by atoms with Gasteiger partial charge in [0.05, 0.1) is 12.2 Å². The van der Waals surface area contributed by atoms with Crippen LogP contribution < -0.4 is 5.73 Å². The van der Waals surface area contributed by atoms with Crippen LogP contribution in [-0.2, 0) is 0 Å². The van der Waals surface area contributed by atoms with Crippen molar-refractivity contribution in [2.45, 2.75) is 6.04 Å². The normalized spacial score (nSPS) is 12.8. The van der Waals surface area contributed by atoms with Gasteiger partial charge in [-0.05, 0) is 33.6 Å². The minimum absolute atomic E-state index is 0.459. The van der Waals surface area contributed by atoms with Crippen LogP contribution in [0.25, 0.3) is 0 Å². The predicted octanol–water partition coefficient (Wildman–Crippen LogP) is 2.50. The van der Waals surface area contributed by atoms with Gasteiger partial charge >= 0.3 is 0 Å². The number of imidazole rings is 1. The zero-order valence-electron chi connectivity index (χ0n) is 8.05. The van der Waals surface area contributed by atoms with Gasteiger partial charge in [0.25, 0.3) is 0 Å². The molecule has 0 fully saturated rings. The highest BCUT2D eigenvalue weighted by atomic mass is 79.9. The average Bonchev–Trinajstić information content (AvgIpc) is 2.68. The van der Waals surface area contributed by atoms with Gasteiger partial charge in [0, 0.05) is 0 Å². The highest BCUT2D eigenvalue weighted by Gasteiger charge is 2.14. The summed E-state index contributed by atoms with van der Waals surface area (Å²) in [4.78, 5) is 6.87. The molecule has 1 atom stereocenters. The minimum atomic E-state index is -0.918. The molecule has 0 bridgehead atoms. The Hall–Kier alpha value is -1.27. The van der Waals surface area contributed by atoms with E-state index in [1.807, 2.05) is 0 Å². The molecule has 0 amide bonds. The van der Waals surface area contributed by atoms with E-state index in [0.717, 1.165) is 12.1 Å². The van der Waals surface area contributed by atoms with Gasteiger partial charge in [-0.2, -0.15) is 0 Å². The lowest BCUT2D eigenvalue weighted by Crippen LogP contribution is -2.14. The number of hydrogen-bond donors (Lipinski definition) is 2. The smallest absolute Gasteiger partial charge is 0.159 e. The van der Waals surface area contributed by atoms with Crippen LogP contribution in [0.15, 0.2) is 29.0 Å². The molecule has 0 saturated carbocycles. The number of H-pyrrole nitrogens is 1. The highest BCUT2D eigenvalue weighted by molar-refractivity contribution is 9.10. The topological polar surface area (TPSA) is 54.7 Å². The number of rotatable bonds is 2. The molecule has 1 aromatic carbocycles. The Labute approximate surface area is 98.8 Å². The van der Waals surface area contributed by atoms with Crippen molar-refractivity contribution in [2.24, 2.45) is 5.73 Å². The van der Waals surface area contributed by atoms with Gasteiger partial charge in [0.15, 0.2) is 11.6 Å². The number of hydrogen-bond acceptors (Lipinski definition) is 2. The van der Waals surface area contributed by atoms with Gasteiger partial charge in [-0.1, -0.05) is 6.07 Å². The van der Waals surface area contributed by atoms with Crippen molar-refractivity contribution >= 4 is 15.9 Å². The molecule has 0 spiro atoms. The molecule has 0 saturated heterocycles. The van der Waals surface area contributed by atoms with Gasteiger partial charge in [-0.15, -0.1) is 0 Å². The molecule has 6 heteroatoms. The Balaban J connectivity index is 2.33. The van der Waals surface area contributed by atoms with Crippen LogP contribution in [0.3, 0.4) is 0 Å². The lowest BCUT2D eigenvalue weighted by molar-refractivity contribution is 0.506. The molecule has 2 rings (SSSR count). The van der Waals surface area contributed by atoms with Crippen molar-refractivity contribution < 1.29 is 8.78 Å². The quantitative estimate of drug-likeness (QED) is 0.892. The van der Waals surface area contributed by atoms with Crippen LogP contribution in [0.4, 0.5) is 8.78 Å². The van der Waals surface area contributed by atoms with E-state index < -0.39 is 17.7 Å². The van der Waals surface area contributed by atoms with Crippen molar-refractivity contribution in [3.8, 4) is 0 Å². The molecule has 0 aliphatic carbocycles. The van der Waals surface area contributed by atoms with Crippen LogP contribution in [0.2, 0.25) is 0 Å². The molecule has 1 unspecified atom stereocenters. The Morgan fingerprint density at radius 1 is 1.31 bits per heavy atom. The van der Waals surface area contributed by atoms with E-state index in [4.69, 9.17) is 5.73 Å². The summed E-state index contributed by atoms with van der Waals surface area (Å²) in [5.74, 6) is -1.33. The molecular formula is C10H8BrF2N3. The number of aromatic nitrogens is 2. The van der Waals surface area contributed by atoms with Gasteiger partial charge < -0.3 is 10.7 Å². The number of nitrogens with zero attached hydrogens (tertiary/aromatic N) is 1. The van der Waals surface area contributed by atoms with Crippen LogP contribution >= 0.6 is 15.9 Å². The van der Waals surface area contributed by atoms with Crippen LogP contribution in [0, 0.1) is 11.6 Å². The molecule has 84 valence electrons. The monoisotopic (exact) mass is 287 g/mol. The molecule has 0 radical (unpaired) electrons. The lowest BCUT2D eigenvalue weighted by Gasteiger charge is -2.09. The maximum absolute atomic E-state index is 13.0. The molecule has 2 aromatic rings. The zero-order valence-corrected chi connectivity index (χ0v) is 9.63. The van der Waals surface area contributed by atoms with Crippen LogP contribution in [0.5, 0.6) is 0 Å². The lowest BCUT2D eigenvalue weighted by atomic mass is 10.1. The molecule has 0 aliphatic heterocycles. The number of nitrogens with two attached hydrogens (primary N) is 1. The summed E-state index contributed by atoms with van der Waals surface area (Å²) in [6.45, 7) is 0. The van der Waals surface area contributed by atoms with E-state index in [9.17, 15) is 8.78 Å². The summed E-state index contributed by atoms with van der Waals surface area (Å²) in [5, 5.41) is 0. The predicted molar refractivity (Wildman–Crippen MR) is 58.7 cm³/mol. The second-order valence-corrected chi connectivity index (χ2v) is 4.12. The molecule has 1 heterocycles. The molecule has 1 aromatic heterocycles. The maximum Gasteiger partial charge on any atom is 0.159 e. The molecule has 16 heavy (non-hydrogen) atoms. The standard InChI is InChI=1S/C10H8BrF2N3/c11-8-4-15-10(16-8)9(14)5-1-2-6(12)7(13)3-5/h1-4,9H,14H2,(H,15,16). The number of benzene rings is 1. The summed E-state index contributed by atoms with van der Waals surface area (Å²) in [6, 6.07) is 2.93. The first kappa shape index (κ1) is 11.2. The SMILES string of the molecule is NC(c1ccc(F)c(F)c1)c1ncc(Br)[nH]1. The Morgan fingerprint density at radius 3 is 2.62 bits per heavy atom. The molecule has 3 N–H and O–H groups in total. The largest absolute Gasteiger partial charge is 0.335 e. The van der Waals surface area contributed by atoms with Crippen LogP contribution in [-0.4, -0.2) is 9.97 Å². The summed E-state index contributed by atoms with van der Waals surface area (Å²) >= 11 is 3.19. The van der Waals surface area contributed by atoms with Crippen LogP contribution in [0.1, 0.15) is 17.4 Å². The van der Waals surface area contributed by atoms with E-state index >= 15 is 0 Å². The van der Waals surface area contributed by atoms with Gasteiger partial charge in [0.2, 0.25) is 0 Å². The summed E-state index contributed by atoms with van der Waals surface area (Å²) in [5.41, 5.74) is 6.30. The van der Waals surface area contributed by atoms with Gasteiger partial charge in [-0.3, -0.25) is 0 Å². The average molecular weight is 288 g/mol. The van der Waals surface area contributed by atoms with Crippen molar-refractivity contribution in [3.05, 3.63) is 52.0 Å². The number of nitrogens with one attached hydrogen (secondary N) is 1. The summed E-state index contributed by atoms with van der Waals surface area (Å²) in [7, 11) is 0. The fourth-order valence-corrected chi connectivity index (χ4v) is 1.64. The molecule has 3 nitrogen and oxygen atoms in total. The summed E-state index contributed by atoms with van der Waals surface area (Å²) < 4.78 is 26.4. The van der Waals surface area contributed by atoms with E-state index in [1.54, 1.807) is 6.20 Å². The van der Waals surface area contributed by atoms with Gasteiger partial charge in [-0.25, -0.2) is 13.8 Å². The Kier molecular flexibility index (Phi) is 3.02. The zero-order chi connectivity index (χ0) is 11.7. The van der Waals surface area contributed by atoms with Crippen molar-refractivity contribution in [1.29, 1.82) is 0 Å². The van der Waals surface area contributed by atoms with E-state index in [-0.39, 0.29) is 0 Å². The first-order valence-electron chi connectivity index (χ1n) is 4.49. The van der Waals surface area contributed by atoms with E-state index in [0.29, 0.717) is 16.0 Å². The minimum Gasteiger partial charge on any atom is -0.335 e. The molecular weight excluding hydrogens is 280 g/mol. The third-order valence-electron chi connectivity index (χ3n) is 2.16. The first-order chi connectivity index (χ1) is 7.58. The number of aromatic amines is 1. The maximum atomic E-state index is 13.0. The van der Waals surface area contributed by atoms with E-state index in [1.165, 1.54) is 6.07 Å². The fourth-order valence-electron chi connectivity index (χ4n) is 1.33. The second-order valence-electron chi connectivity index (χ2n) is 3.27. The Morgan fingerprint density at radius 2 is 2.06 bits per heavy atom. The van der Waals surface area contributed by atoms with Crippen molar-refractivity contribution in [1.82, 2.24) is 9.97 Å². The third kappa shape index (κ3) is 2.12. The summed E-state index contributed by atoms with van der Waals surface area (Å²) in [6.07, 6.45) is 1.55.